The Morgan fingerprint density at radius 1 is 1.23 bits per heavy atom. The molecule has 1 saturated carbocycles. The minimum absolute atomic E-state index is 0.0171. The second kappa shape index (κ2) is 7.45. The second-order valence-corrected chi connectivity index (χ2v) is 6.90. The highest BCUT2D eigenvalue weighted by atomic mass is 16.5. The van der Waals surface area contributed by atoms with Crippen molar-refractivity contribution < 1.29 is 19.1 Å². The molecule has 0 spiro atoms. The molecule has 0 atom stereocenters. The summed E-state index contributed by atoms with van der Waals surface area (Å²) >= 11 is 0. The third kappa shape index (κ3) is 3.31. The molecule has 1 saturated heterocycles. The van der Waals surface area contributed by atoms with Crippen LogP contribution >= 0.6 is 0 Å². The van der Waals surface area contributed by atoms with Crippen LogP contribution in [0.2, 0.25) is 0 Å². The zero-order chi connectivity index (χ0) is 18.8. The smallest absolute Gasteiger partial charge is 0.331 e. The maximum absolute atomic E-state index is 12.9. The molecule has 140 valence electrons. The Kier molecular flexibility index (Phi) is 5.27. The number of urea groups is 1. The Morgan fingerprint density at radius 3 is 2.58 bits per heavy atom. The maximum Gasteiger partial charge on any atom is 0.331 e. The molecular formula is C19H25N3O4. The normalized spacial score (nSPS) is 20.3. The van der Waals surface area contributed by atoms with Gasteiger partial charge in [-0.1, -0.05) is 12.8 Å². The van der Waals surface area contributed by atoms with Crippen molar-refractivity contribution in [2.24, 2.45) is 0 Å². The predicted molar refractivity (Wildman–Crippen MR) is 96.4 cm³/mol. The molecule has 4 amide bonds. The number of methoxy groups -OCH3 is 1. The Balaban J connectivity index is 1.92. The average molecular weight is 359 g/mol. The van der Waals surface area contributed by atoms with Gasteiger partial charge in [-0.2, -0.15) is 0 Å². The van der Waals surface area contributed by atoms with E-state index in [1.54, 1.807) is 13.2 Å². The number of nitrogens with one attached hydrogen (secondary N) is 1. The van der Waals surface area contributed by atoms with Crippen molar-refractivity contribution in [2.75, 3.05) is 13.7 Å². The summed E-state index contributed by atoms with van der Waals surface area (Å²) in [6.07, 6.45) is 5.18. The maximum atomic E-state index is 12.9. The summed E-state index contributed by atoms with van der Waals surface area (Å²) in [5.74, 6) is -1.12. The fourth-order valence-electron chi connectivity index (χ4n) is 3.82. The topological polar surface area (TPSA) is 80.6 Å². The zero-order valence-electron chi connectivity index (χ0n) is 15.5. The first-order chi connectivity index (χ1) is 12.4. The van der Waals surface area contributed by atoms with Crippen molar-refractivity contribution in [3.63, 3.8) is 0 Å². The number of hydrogen-bond donors (Lipinski definition) is 1. The van der Waals surface area contributed by atoms with Gasteiger partial charge < -0.3 is 9.30 Å². The number of aromatic nitrogens is 1. The van der Waals surface area contributed by atoms with Crippen LogP contribution in [0, 0.1) is 13.8 Å². The van der Waals surface area contributed by atoms with E-state index in [0.717, 1.165) is 42.6 Å². The molecule has 0 bridgehead atoms. The van der Waals surface area contributed by atoms with E-state index in [1.165, 1.54) is 4.90 Å². The fraction of sp³-hybridized carbons (Fsp3) is 0.526. The fourth-order valence-corrected chi connectivity index (χ4v) is 3.82. The van der Waals surface area contributed by atoms with Gasteiger partial charge in [-0.25, -0.2) is 4.79 Å². The number of barbiturate groups is 1. The molecule has 1 N–H and O–H groups in total. The predicted octanol–water partition coefficient (Wildman–Crippen LogP) is 2.16. The molecule has 2 heterocycles. The molecule has 1 aromatic rings. The van der Waals surface area contributed by atoms with Crippen LogP contribution in [0.1, 0.15) is 42.6 Å². The van der Waals surface area contributed by atoms with Gasteiger partial charge in [0.15, 0.2) is 0 Å². The van der Waals surface area contributed by atoms with Crippen molar-refractivity contribution in [3.05, 3.63) is 28.6 Å². The Bertz CT molecular complexity index is 772. The number of amides is 4. The molecule has 2 fully saturated rings. The SMILES string of the molecule is COCCn1c(C)cc(/C=C2/C(=O)NC(=O)N(C3CCCC3)C2=O)c1C. The number of rotatable bonds is 5. The minimum Gasteiger partial charge on any atom is -0.383 e. The number of ether oxygens (including phenoxy) is 1. The summed E-state index contributed by atoms with van der Waals surface area (Å²) < 4.78 is 7.22. The highest BCUT2D eigenvalue weighted by Gasteiger charge is 2.40. The summed E-state index contributed by atoms with van der Waals surface area (Å²) in [6, 6.07) is 1.22. The third-order valence-electron chi connectivity index (χ3n) is 5.25. The van der Waals surface area contributed by atoms with E-state index < -0.39 is 17.8 Å². The molecular weight excluding hydrogens is 334 g/mol. The van der Waals surface area contributed by atoms with Crippen LogP contribution in [0.15, 0.2) is 11.6 Å². The third-order valence-corrected chi connectivity index (χ3v) is 5.25. The zero-order valence-corrected chi connectivity index (χ0v) is 15.5. The monoisotopic (exact) mass is 359 g/mol. The molecule has 1 aliphatic heterocycles. The summed E-state index contributed by atoms with van der Waals surface area (Å²) in [7, 11) is 1.65. The minimum atomic E-state index is -0.629. The molecule has 26 heavy (non-hydrogen) atoms. The van der Waals surface area contributed by atoms with Crippen LogP contribution in [0.5, 0.6) is 0 Å². The first-order valence-corrected chi connectivity index (χ1v) is 9.00. The van der Waals surface area contributed by atoms with Crippen molar-refractivity contribution >= 4 is 23.9 Å². The Labute approximate surface area is 153 Å². The van der Waals surface area contributed by atoms with Crippen LogP contribution in [0.3, 0.4) is 0 Å². The summed E-state index contributed by atoms with van der Waals surface area (Å²) in [5.41, 5.74) is 2.80. The Hall–Kier alpha value is -2.41. The van der Waals surface area contributed by atoms with Crippen LogP contribution in [0.4, 0.5) is 4.79 Å². The van der Waals surface area contributed by atoms with Crippen molar-refractivity contribution in [1.82, 2.24) is 14.8 Å². The van der Waals surface area contributed by atoms with Gasteiger partial charge in [0.1, 0.15) is 5.57 Å². The largest absolute Gasteiger partial charge is 0.383 e. The molecule has 2 aliphatic rings. The number of hydrogen-bond acceptors (Lipinski definition) is 4. The number of nitrogens with zero attached hydrogens (tertiary/aromatic N) is 2. The van der Waals surface area contributed by atoms with Gasteiger partial charge in [-0.05, 0) is 44.4 Å². The standard InChI is InChI=1S/C19H25N3O4/c1-12-10-14(13(2)21(12)8-9-26-3)11-16-17(23)20-19(25)22(18(16)24)15-6-4-5-7-15/h10-11,15H,4-9H2,1-3H3,(H,20,23,25)/b16-11-. The molecule has 3 rings (SSSR count). The van der Waals surface area contributed by atoms with Crippen molar-refractivity contribution in [2.45, 2.75) is 52.1 Å². The van der Waals surface area contributed by atoms with Gasteiger partial charge >= 0.3 is 6.03 Å². The first-order valence-electron chi connectivity index (χ1n) is 9.00. The van der Waals surface area contributed by atoms with Crippen LogP contribution < -0.4 is 5.32 Å². The van der Waals surface area contributed by atoms with Gasteiger partial charge in [0.05, 0.1) is 6.61 Å². The molecule has 7 nitrogen and oxygen atoms in total. The van der Waals surface area contributed by atoms with Gasteiger partial charge in [0.2, 0.25) is 0 Å². The molecule has 1 aliphatic carbocycles. The quantitative estimate of drug-likeness (QED) is 0.645. The van der Waals surface area contributed by atoms with Crippen molar-refractivity contribution in [1.29, 1.82) is 0 Å². The summed E-state index contributed by atoms with van der Waals surface area (Å²) in [4.78, 5) is 38.5. The molecule has 0 aromatic carbocycles. The number of carbonyl (C=O) groups is 3. The van der Waals surface area contributed by atoms with Crippen molar-refractivity contribution in [3.8, 4) is 0 Å². The molecule has 0 unspecified atom stereocenters. The number of carbonyl (C=O) groups excluding carboxylic acids is 3. The lowest BCUT2D eigenvalue weighted by molar-refractivity contribution is -0.131. The number of aryl methyl sites for hydroxylation is 1. The first kappa shape index (κ1) is 18.4. The van der Waals surface area contributed by atoms with E-state index in [-0.39, 0.29) is 11.6 Å². The second-order valence-electron chi connectivity index (χ2n) is 6.90. The Morgan fingerprint density at radius 2 is 1.92 bits per heavy atom. The van der Waals surface area contributed by atoms with E-state index >= 15 is 0 Å². The van der Waals surface area contributed by atoms with Gasteiger partial charge in [0.25, 0.3) is 11.8 Å². The molecule has 0 radical (unpaired) electrons. The number of imide groups is 2. The highest BCUT2D eigenvalue weighted by Crippen LogP contribution is 2.27. The lowest BCUT2D eigenvalue weighted by Gasteiger charge is -2.31. The van der Waals surface area contributed by atoms with E-state index in [0.29, 0.717) is 13.2 Å². The van der Waals surface area contributed by atoms with Crippen LogP contribution in [-0.4, -0.2) is 47.1 Å². The van der Waals surface area contributed by atoms with Gasteiger partial charge in [0, 0.05) is 31.1 Å². The lowest BCUT2D eigenvalue weighted by atomic mass is 10.1. The average Bonchev–Trinajstić information content (AvgIpc) is 3.19. The van der Waals surface area contributed by atoms with E-state index in [2.05, 4.69) is 9.88 Å². The van der Waals surface area contributed by atoms with E-state index in [9.17, 15) is 14.4 Å². The summed E-state index contributed by atoms with van der Waals surface area (Å²) in [5, 5.41) is 2.31. The van der Waals surface area contributed by atoms with Gasteiger partial charge in [-0.15, -0.1) is 0 Å². The van der Waals surface area contributed by atoms with Crippen LogP contribution in [-0.2, 0) is 20.9 Å². The van der Waals surface area contributed by atoms with E-state index in [4.69, 9.17) is 4.74 Å². The molecule has 1 aromatic heterocycles. The van der Waals surface area contributed by atoms with E-state index in [1.807, 2.05) is 19.9 Å². The van der Waals surface area contributed by atoms with Gasteiger partial charge in [-0.3, -0.25) is 19.8 Å². The van der Waals surface area contributed by atoms with Crippen LogP contribution in [0.25, 0.3) is 6.08 Å². The molecule has 7 heteroatoms. The lowest BCUT2D eigenvalue weighted by Crippen LogP contribution is -2.57. The summed E-state index contributed by atoms with van der Waals surface area (Å²) in [6.45, 7) is 5.20. The highest BCUT2D eigenvalue weighted by molar-refractivity contribution is 6.31.